The molecule has 11 heteroatoms. The Kier molecular flexibility index (Phi) is 5.63. The molecule has 3 saturated heterocycles. The Labute approximate surface area is 183 Å². The van der Waals surface area contributed by atoms with Crippen LogP contribution in [-0.4, -0.2) is 68.7 Å². The molecule has 3 atom stereocenters. The minimum Gasteiger partial charge on any atom is -0.312 e. The highest BCUT2D eigenvalue weighted by Crippen LogP contribution is 2.42. The molecule has 1 aromatic rings. The Morgan fingerprint density at radius 3 is 2.26 bits per heavy atom. The summed E-state index contributed by atoms with van der Waals surface area (Å²) in [4.78, 5) is 26.5. The predicted octanol–water partition coefficient (Wildman–Crippen LogP) is 1.16. The summed E-state index contributed by atoms with van der Waals surface area (Å²) in [6.45, 7) is 2.66. The zero-order valence-corrected chi connectivity index (χ0v) is 19.2. The van der Waals surface area contributed by atoms with Crippen molar-refractivity contribution in [3.63, 3.8) is 0 Å². The minimum atomic E-state index is -3.93. The summed E-state index contributed by atoms with van der Waals surface area (Å²) in [5, 5.41) is 0. The van der Waals surface area contributed by atoms with Crippen LogP contribution in [0.5, 0.6) is 0 Å². The summed E-state index contributed by atoms with van der Waals surface area (Å²) >= 11 is 0. The number of benzene rings is 1. The van der Waals surface area contributed by atoms with Crippen LogP contribution in [0.4, 0.5) is 5.69 Å². The lowest BCUT2D eigenvalue weighted by molar-refractivity contribution is -0.128. The number of amides is 2. The van der Waals surface area contributed by atoms with Crippen LogP contribution in [-0.2, 0) is 29.6 Å². The molecule has 3 aliphatic heterocycles. The molecule has 0 unspecified atom stereocenters. The molecule has 3 fully saturated rings. The fourth-order valence-corrected chi connectivity index (χ4v) is 8.01. The van der Waals surface area contributed by atoms with E-state index in [1.54, 1.807) is 17.0 Å². The number of hydrogen-bond donors (Lipinski definition) is 0. The Balaban J connectivity index is 1.65. The van der Waals surface area contributed by atoms with E-state index >= 15 is 0 Å². The monoisotopic (exact) mass is 469 g/mol. The first-order valence-electron chi connectivity index (χ1n) is 10.5. The molecule has 1 aromatic carbocycles. The zero-order valence-electron chi connectivity index (χ0n) is 17.6. The van der Waals surface area contributed by atoms with Crippen molar-refractivity contribution in [2.75, 3.05) is 24.2 Å². The van der Waals surface area contributed by atoms with Gasteiger partial charge in [-0.3, -0.25) is 9.59 Å². The van der Waals surface area contributed by atoms with Crippen molar-refractivity contribution >= 4 is 37.5 Å². The van der Waals surface area contributed by atoms with Gasteiger partial charge in [-0.25, -0.2) is 21.1 Å². The van der Waals surface area contributed by atoms with Crippen molar-refractivity contribution in [1.29, 1.82) is 0 Å². The minimum absolute atomic E-state index is 0.0192. The number of sulfonamides is 2. The lowest BCUT2D eigenvalue weighted by atomic mass is 9.95. The van der Waals surface area contributed by atoms with E-state index in [4.69, 9.17) is 0 Å². The molecule has 0 aliphatic carbocycles. The number of fused-ring (bicyclic) bond motifs is 1. The van der Waals surface area contributed by atoms with Gasteiger partial charge in [-0.05, 0) is 43.5 Å². The molecule has 170 valence electrons. The van der Waals surface area contributed by atoms with Crippen LogP contribution >= 0.6 is 0 Å². The summed E-state index contributed by atoms with van der Waals surface area (Å²) in [7, 11) is -7.72. The third kappa shape index (κ3) is 3.66. The van der Waals surface area contributed by atoms with Crippen LogP contribution in [0.25, 0.3) is 0 Å². The van der Waals surface area contributed by atoms with E-state index in [0.717, 1.165) is 17.0 Å². The lowest BCUT2D eigenvalue weighted by Crippen LogP contribution is -2.43. The number of anilines is 1. The molecule has 0 spiro atoms. The fraction of sp³-hybridized carbons (Fsp3) is 0.600. The maximum atomic E-state index is 13.5. The van der Waals surface area contributed by atoms with Gasteiger partial charge < -0.3 is 4.90 Å². The maximum Gasteiger partial charge on any atom is 0.243 e. The summed E-state index contributed by atoms with van der Waals surface area (Å²) < 4.78 is 53.6. The zero-order chi connectivity index (χ0) is 22.6. The van der Waals surface area contributed by atoms with Crippen LogP contribution in [0.1, 0.15) is 39.0 Å². The van der Waals surface area contributed by atoms with Crippen molar-refractivity contribution < 1.29 is 26.4 Å². The Morgan fingerprint density at radius 2 is 1.71 bits per heavy atom. The highest BCUT2D eigenvalue weighted by Gasteiger charge is 2.58. The number of rotatable bonds is 6. The summed E-state index contributed by atoms with van der Waals surface area (Å²) in [5.74, 6) is -1.17. The van der Waals surface area contributed by atoms with E-state index in [1.165, 1.54) is 16.4 Å². The van der Waals surface area contributed by atoms with Gasteiger partial charge >= 0.3 is 0 Å². The number of carbonyl (C=O) groups is 2. The summed E-state index contributed by atoms with van der Waals surface area (Å²) in [5.41, 5.74) is 0.656. The molecule has 3 aliphatic rings. The van der Waals surface area contributed by atoms with Gasteiger partial charge in [0.1, 0.15) is 0 Å². The Morgan fingerprint density at radius 1 is 1.03 bits per heavy atom. The average Bonchev–Trinajstić information content (AvgIpc) is 3.37. The second kappa shape index (κ2) is 7.86. The SMILES string of the molecule is CCC[C@H]1C(=O)N(S(C)(=O)=O)[C@H]2CCN(S(=O)(=O)c3ccc(N4CCCC4=O)cc3)[C@H]12. The average molecular weight is 470 g/mol. The summed E-state index contributed by atoms with van der Waals surface area (Å²) in [6, 6.07) is 4.82. The molecule has 0 bridgehead atoms. The van der Waals surface area contributed by atoms with Crippen molar-refractivity contribution in [2.45, 2.75) is 56.0 Å². The molecule has 0 N–H and O–H groups in total. The Hall–Kier alpha value is -1.98. The molecule has 3 heterocycles. The second-order valence-electron chi connectivity index (χ2n) is 8.40. The second-order valence-corrected chi connectivity index (χ2v) is 12.1. The first-order chi connectivity index (χ1) is 14.6. The van der Waals surface area contributed by atoms with Crippen LogP contribution < -0.4 is 4.90 Å². The predicted molar refractivity (Wildman–Crippen MR) is 114 cm³/mol. The van der Waals surface area contributed by atoms with E-state index in [9.17, 15) is 26.4 Å². The van der Waals surface area contributed by atoms with Gasteiger partial charge in [0.05, 0.1) is 29.2 Å². The largest absolute Gasteiger partial charge is 0.312 e. The van der Waals surface area contributed by atoms with E-state index < -0.39 is 44.0 Å². The smallest absolute Gasteiger partial charge is 0.243 e. The highest BCUT2D eigenvalue weighted by molar-refractivity contribution is 7.89. The quantitative estimate of drug-likeness (QED) is 0.618. The number of hydrogen-bond acceptors (Lipinski definition) is 6. The molecular weight excluding hydrogens is 442 g/mol. The molecule has 0 aromatic heterocycles. The third-order valence-corrected chi connectivity index (χ3v) is 9.48. The van der Waals surface area contributed by atoms with Crippen LogP contribution in [0, 0.1) is 5.92 Å². The normalized spacial score (nSPS) is 27.4. The number of nitrogens with zero attached hydrogens (tertiary/aromatic N) is 3. The fourth-order valence-electron chi connectivity index (χ4n) is 5.12. The molecule has 2 amide bonds. The van der Waals surface area contributed by atoms with Crippen molar-refractivity contribution in [2.24, 2.45) is 5.92 Å². The van der Waals surface area contributed by atoms with Crippen molar-refractivity contribution in [3.8, 4) is 0 Å². The number of carbonyl (C=O) groups excluding carboxylic acids is 2. The molecule has 0 saturated carbocycles. The highest BCUT2D eigenvalue weighted by atomic mass is 32.2. The molecule has 31 heavy (non-hydrogen) atoms. The van der Waals surface area contributed by atoms with Gasteiger partial charge in [0.25, 0.3) is 0 Å². The first-order valence-corrected chi connectivity index (χ1v) is 13.8. The third-order valence-electron chi connectivity index (χ3n) is 6.41. The summed E-state index contributed by atoms with van der Waals surface area (Å²) in [6.07, 6.45) is 3.60. The maximum absolute atomic E-state index is 13.5. The van der Waals surface area contributed by atoms with E-state index in [2.05, 4.69) is 0 Å². The molecule has 4 rings (SSSR count). The van der Waals surface area contributed by atoms with Gasteiger partial charge in [0, 0.05) is 25.2 Å². The van der Waals surface area contributed by atoms with Gasteiger partial charge in [-0.1, -0.05) is 13.3 Å². The van der Waals surface area contributed by atoms with Gasteiger partial charge in [0.15, 0.2) is 0 Å². The van der Waals surface area contributed by atoms with Gasteiger partial charge in [-0.15, -0.1) is 0 Å². The van der Waals surface area contributed by atoms with Crippen molar-refractivity contribution in [1.82, 2.24) is 8.61 Å². The van der Waals surface area contributed by atoms with Gasteiger partial charge in [0.2, 0.25) is 31.9 Å². The van der Waals surface area contributed by atoms with Crippen molar-refractivity contribution in [3.05, 3.63) is 24.3 Å². The standard InChI is InChI=1S/C20H27N3O6S2/c1-3-5-16-19-17(23(20(16)25)30(2,26)27)11-13-22(19)31(28,29)15-9-7-14(8-10-15)21-12-4-6-18(21)24/h7-10,16-17,19H,3-6,11-13H2,1-2H3/t16-,17+,19-/m1/s1. The van der Waals surface area contributed by atoms with E-state index in [1.807, 2.05) is 6.92 Å². The first kappa shape index (κ1) is 22.2. The van der Waals surface area contributed by atoms with E-state index in [-0.39, 0.29) is 23.8 Å². The topological polar surface area (TPSA) is 112 Å². The molecule has 9 nitrogen and oxygen atoms in total. The van der Waals surface area contributed by atoms with E-state index in [0.29, 0.717) is 31.5 Å². The van der Waals surface area contributed by atoms with Crippen LogP contribution in [0.3, 0.4) is 0 Å². The van der Waals surface area contributed by atoms with Gasteiger partial charge in [-0.2, -0.15) is 4.31 Å². The molecule has 0 radical (unpaired) electrons. The Bertz CT molecular complexity index is 1100. The van der Waals surface area contributed by atoms with Crippen LogP contribution in [0.2, 0.25) is 0 Å². The van der Waals surface area contributed by atoms with Crippen LogP contribution in [0.15, 0.2) is 29.2 Å². The molecular formula is C20H27N3O6S2. The lowest BCUT2D eigenvalue weighted by Gasteiger charge is -2.27.